The molecule has 1 atom stereocenters. The van der Waals surface area contributed by atoms with Crippen LogP contribution in [0.15, 0.2) is 24.3 Å². The van der Waals surface area contributed by atoms with Gasteiger partial charge in [-0.25, -0.2) is 0 Å². The topological polar surface area (TPSA) is 95.5 Å². The lowest BCUT2D eigenvalue weighted by molar-refractivity contribution is -0.143. The van der Waals surface area contributed by atoms with Gasteiger partial charge in [-0.15, -0.1) is 0 Å². The number of rotatable bonds is 3. The summed E-state index contributed by atoms with van der Waals surface area (Å²) < 4.78 is 0. The number of hydrogen-bond acceptors (Lipinski definition) is 3. The highest BCUT2D eigenvalue weighted by Crippen LogP contribution is 2.08. The SMILES string of the molecule is Cc1ccc(NC(=O)C(=O)N[C@@H](C)C(=O)O)cc1. The van der Waals surface area contributed by atoms with Crippen LogP contribution >= 0.6 is 0 Å². The van der Waals surface area contributed by atoms with Gasteiger partial charge >= 0.3 is 17.8 Å². The Bertz CT molecular complexity index is 467. The van der Waals surface area contributed by atoms with Gasteiger partial charge in [0.1, 0.15) is 6.04 Å². The summed E-state index contributed by atoms with van der Waals surface area (Å²) in [5, 5.41) is 13.0. The van der Waals surface area contributed by atoms with E-state index in [4.69, 9.17) is 5.11 Å². The Labute approximate surface area is 104 Å². The van der Waals surface area contributed by atoms with E-state index in [1.165, 1.54) is 6.92 Å². The van der Waals surface area contributed by atoms with Crippen LogP contribution in [0.1, 0.15) is 12.5 Å². The number of nitrogens with one attached hydrogen (secondary N) is 2. The molecule has 1 aromatic rings. The minimum atomic E-state index is -1.20. The highest BCUT2D eigenvalue weighted by atomic mass is 16.4. The Hall–Kier alpha value is -2.37. The molecule has 0 spiro atoms. The van der Waals surface area contributed by atoms with E-state index in [0.717, 1.165) is 5.56 Å². The minimum absolute atomic E-state index is 0.476. The number of carbonyl (C=O) groups is 3. The lowest BCUT2D eigenvalue weighted by Gasteiger charge is -2.09. The maximum Gasteiger partial charge on any atom is 0.325 e. The molecule has 3 N–H and O–H groups in total. The molecule has 96 valence electrons. The van der Waals surface area contributed by atoms with Crippen LogP contribution in [0.25, 0.3) is 0 Å². The molecule has 0 saturated heterocycles. The fraction of sp³-hybridized carbons (Fsp3) is 0.250. The van der Waals surface area contributed by atoms with Crippen LogP contribution in [-0.2, 0) is 14.4 Å². The van der Waals surface area contributed by atoms with Crippen LogP contribution in [0.3, 0.4) is 0 Å². The zero-order valence-electron chi connectivity index (χ0n) is 10.1. The second-order valence-corrected chi connectivity index (χ2v) is 3.85. The zero-order valence-corrected chi connectivity index (χ0v) is 10.1. The van der Waals surface area contributed by atoms with Crippen molar-refractivity contribution in [3.63, 3.8) is 0 Å². The molecule has 0 bridgehead atoms. The van der Waals surface area contributed by atoms with Crippen LogP contribution in [0, 0.1) is 6.92 Å². The number of benzene rings is 1. The average molecular weight is 250 g/mol. The third-order valence-corrected chi connectivity index (χ3v) is 2.23. The van der Waals surface area contributed by atoms with Gasteiger partial charge in [0.2, 0.25) is 0 Å². The van der Waals surface area contributed by atoms with Gasteiger partial charge in [0.05, 0.1) is 0 Å². The monoisotopic (exact) mass is 250 g/mol. The van der Waals surface area contributed by atoms with Crippen LogP contribution in [0.2, 0.25) is 0 Å². The normalized spacial score (nSPS) is 11.4. The number of anilines is 1. The summed E-state index contributed by atoms with van der Waals surface area (Å²) in [5.41, 5.74) is 1.50. The summed E-state index contributed by atoms with van der Waals surface area (Å²) >= 11 is 0. The number of carboxylic acid groups (broad SMARTS) is 1. The quantitative estimate of drug-likeness (QED) is 0.681. The van der Waals surface area contributed by atoms with Crippen molar-refractivity contribution in [1.29, 1.82) is 0 Å². The van der Waals surface area contributed by atoms with Gasteiger partial charge in [-0.05, 0) is 26.0 Å². The number of aryl methyl sites for hydroxylation is 1. The maximum absolute atomic E-state index is 11.4. The standard InChI is InChI=1S/C12H14N2O4/c1-7-3-5-9(6-4-7)14-11(16)10(15)13-8(2)12(17)18/h3-6,8H,1-2H3,(H,13,15)(H,14,16)(H,17,18)/t8-/m0/s1. The van der Waals surface area contributed by atoms with E-state index < -0.39 is 23.8 Å². The first-order valence-corrected chi connectivity index (χ1v) is 5.31. The van der Waals surface area contributed by atoms with Gasteiger partial charge in [0.25, 0.3) is 0 Å². The van der Waals surface area contributed by atoms with E-state index in [9.17, 15) is 14.4 Å². The molecule has 0 aliphatic rings. The first-order chi connectivity index (χ1) is 8.40. The highest BCUT2D eigenvalue weighted by Gasteiger charge is 2.19. The van der Waals surface area contributed by atoms with Crippen molar-refractivity contribution in [2.75, 3.05) is 5.32 Å². The first kappa shape index (κ1) is 13.7. The molecule has 0 fully saturated rings. The number of amides is 2. The second-order valence-electron chi connectivity index (χ2n) is 3.85. The lowest BCUT2D eigenvalue weighted by atomic mass is 10.2. The van der Waals surface area contributed by atoms with Crippen LogP contribution in [-0.4, -0.2) is 28.9 Å². The van der Waals surface area contributed by atoms with Crippen LogP contribution in [0.4, 0.5) is 5.69 Å². The number of carbonyl (C=O) groups excluding carboxylic acids is 2. The van der Waals surface area contributed by atoms with E-state index in [1.54, 1.807) is 24.3 Å². The predicted molar refractivity (Wildman–Crippen MR) is 65.0 cm³/mol. The molecule has 0 saturated carbocycles. The number of aliphatic carboxylic acids is 1. The van der Waals surface area contributed by atoms with Crippen molar-refractivity contribution >= 4 is 23.5 Å². The fourth-order valence-corrected chi connectivity index (χ4v) is 1.15. The first-order valence-electron chi connectivity index (χ1n) is 5.31. The molecule has 6 heteroatoms. The van der Waals surface area contributed by atoms with Gasteiger partial charge in [-0.1, -0.05) is 17.7 Å². The summed E-state index contributed by atoms with van der Waals surface area (Å²) in [5.74, 6) is -3.08. The van der Waals surface area contributed by atoms with Crippen molar-refractivity contribution < 1.29 is 19.5 Å². The predicted octanol–water partition coefficient (Wildman–Crippen LogP) is 0.523. The fourth-order valence-electron chi connectivity index (χ4n) is 1.15. The van der Waals surface area contributed by atoms with Gasteiger partial charge in [-0.2, -0.15) is 0 Å². The van der Waals surface area contributed by atoms with Crippen molar-refractivity contribution in [1.82, 2.24) is 5.32 Å². The molecule has 2 amide bonds. The number of carboxylic acids is 1. The second kappa shape index (κ2) is 5.81. The molecule has 0 heterocycles. The molecule has 0 aliphatic carbocycles. The van der Waals surface area contributed by atoms with E-state index in [1.807, 2.05) is 6.92 Å². The summed E-state index contributed by atoms with van der Waals surface area (Å²) in [6.07, 6.45) is 0. The Balaban J connectivity index is 2.57. The van der Waals surface area contributed by atoms with E-state index >= 15 is 0 Å². The molecule has 1 aromatic carbocycles. The van der Waals surface area contributed by atoms with Crippen LogP contribution in [0.5, 0.6) is 0 Å². The van der Waals surface area contributed by atoms with E-state index in [2.05, 4.69) is 10.6 Å². The third kappa shape index (κ3) is 3.89. The minimum Gasteiger partial charge on any atom is -0.480 e. The Morgan fingerprint density at radius 1 is 1.11 bits per heavy atom. The lowest BCUT2D eigenvalue weighted by Crippen LogP contribution is -2.44. The smallest absolute Gasteiger partial charge is 0.325 e. The number of hydrogen-bond donors (Lipinski definition) is 3. The van der Waals surface area contributed by atoms with Crippen molar-refractivity contribution in [3.8, 4) is 0 Å². The molecule has 6 nitrogen and oxygen atoms in total. The van der Waals surface area contributed by atoms with Gasteiger partial charge in [0, 0.05) is 5.69 Å². The van der Waals surface area contributed by atoms with Crippen molar-refractivity contribution in [2.24, 2.45) is 0 Å². The summed E-state index contributed by atoms with van der Waals surface area (Å²) in [4.78, 5) is 33.3. The van der Waals surface area contributed by atoms with Crippen molar-refractivity contribution in [2.45, 2.75) is 19.9 Å². The molecule has 18 heavy (non-hydrogen) atoms. The molecular weight excluding hydrogens is 236 g/mol. The Kier molecular flexibility index (Phi) is 4.42. The Morgan fingerprint density at radius 2 is 1.67 bits per heavy atom. The molecular formula is C12H14N2O4. The zero-order chi connectivity index (χ0) is 13.7. The third-order valence-electron chi connectivity index (χ3n) is 2.23. The van der Waals surface area contributed by atoms with Gasteiger partial charge in [0.15, 0.2) is 0 Å². The Morgan fingerprint density at radius 3 is 2.17 bits per heavy atom. The molecule has 1 rings (SSSR count). The highest BCUT2D eigenvalue weighted by molar-refractivity contribution is 6.39. The van der Waals surface area contributed by atoms with Crippen LogP contribution < -0.4 is 10.6 Å². The average Bonchev–Trinajstić information content (AvgIpc) is 2.31. The molecule has 0 aromatic heterocycles. The van der Waals surface area contributed by atoms with Gasteiger partial charge in [-0.3, -0.25) is 14.4 Å². The largest absolute Gasteiger partial charge is 0.480 e. The summed E-state index contributed by atoms with van der Waals surface area (Å²) in [6, 6.07) is 5.77. The molecule has 0 unspecified atom stereocenters. The van der Waals surface area contributed by atoms with E-state index in [0.29, 0.717) is 5.69 Å². The summed E-state index contributed by atoms with van der Waals surface area (Å²) in [6.45, 7) is 3.17. The maximum atomic E-state index is 11.4. The summed E-state index contributed by atoms with van der Waals surface area (Å²) in [7, 11) is 0. The van der Waals surface area contributed by atoms with Crippen molar-refractivity contribution in [3.05, 3.63) is 29.8 Å². The van der Waals surface area contributed by atoms with E-state index in [-0.39, 0.29) is 0 Å². The molecule has 0 aliphatic heterocycles. The van der Waals surface area contributed by atoms with Gasteiger partial charge < -0.3 is 15.7 Å². The molecule has 0 radical (unpaired) electrons.